The van der Waals surface area contributed by atoms with E-state index in [0.29, 0.717) is 6.17 Å². The number of thioether (sulfide) groups is 1. The van der Waals surface area contributed by atoms with Crippen LogP contribution in [0.3, 0.4) is 0 Å². The average Bonchev–Trinajstić information content (AvgIpc) is 2.97. The molecule has 0 saturated carbocycles. The summed E-state index contributed by atoms with van der Waals surface area (Å²) < 4.78 is 3.22. The quantitative estimate of drug-likeness (QED) is 0.358. The van der Waals surface area contributed by atoms with Crippen LogP contribution in [0, 0.1) is 0 Å². The fraction of sp³-hybridized carbons (Fsp3) is 0.952. The molecular weight excluding hydrogens is 368 g/mol. The highest BCUT2D eigenvalue weighted by molar-refractivity contribution is 8.12. The Hall–Kier alpha value is 0.414. The summed E-state index contributed by atoms with van der Waals surface area (Å²) in [5.74, 6) is 1.15. The van der Waals surface area contributed by atoms with Gasteiger partial charge in [-0.1, -0.05) is 83.1 Å². The second kappa shape index (κ2) is 9.27. The lowest BCUT2D eigenvalue weighted by Crippen LogP contribution is -2.76. The maximum atomic E-state index is 5.10. The largest absolute Gasteiger partial charge is 0.322 e. The molecule has 0 bridgehead atoms. The summed E-state index contributed by atoms with van der Waals surface area (Å²) in [5, 5.41) is 0. The smallest absolute Gasteiger partial charge is 0.131 e. The van der Waals surface area contributed by atoms with Gasteiger partial charge >= 0.3 is 0 Å². The van der Waals surface area contributed by atoms with E-state index >= 15 is 0 Å². The molecule has 1 aliphatic rings. The topological polar surface area (TPSA) is 15.6 Å². The Morgan fingerprint density at radius 1 is 0.692 bits per heavy atom. The van der Waals surface area contributed by atoms with Gasteiger partial charge in [0, 0.05) is 5.75 Å². The van der Waals surface area contributed by atoms with Crippen molar-refractivity contribution in [3.8, 4) is 0 Å². The monoisotopic (exact) mass is 414 g/mol. The van der Waals surface area contributed by atoms with Gasteiger partial charge in [-0.2, -0.15) is 0 Å². The molecule has 0 amide bonds. The lowest BCUT2D eigenvalue weighted by Gasteiger charge is -2.64. The summed E-state index contributed by atoms with van der Waals surface area (Å²) >= 11 is 1.92. The predicted molar refractivity (Wildman–Crippen MR) is 129 cm³/mol. The Labute approximate surface area is 171 Å². The van der Waals surface area contributed by atoms with E-state index in [0.717, 1.165) is 39.0 Å². The molecule has 1 aliphatic heterocycles. The van der Waals surface area contributed by atoms with Crippen LogP contribution in [0.2, 0.25) is 33.2 Å². The van der Waals surface area contributed by atoms with Crippen molar-refractivity contribution < 1.29 is 0 Å². The fourth-order valence-corrected chi connectivity index (χ4v) is 27.9. The first-order valence-electron chi connectivity index (χ1n) is 10.8. The van der Waals surface area contributed by atoms with E-state index in [1.54, 1.807) is 0 Å². The van der Waals surface area contributed by atoms with Gasteiger partial charge < -0.3 is 4.23 Å². The van der Waals surface area contributed by atoms with Gasteiger partial charge in [-0.05, 0) is 33.2 Å². The van der Waals surface area contributed by atoms with Crippen molar-refractivity contribution in [3.05, 3.63) is 0 Å². The van der Waals surface area contributed by atoms with Gasteiger partial charge in [-0.3, -0.25) is 4.99 Å². The molecule has 1 heterocycles. The third-order valence-corrected chi connectivity index (χ3v) is 23.7. The molecule has 0 aliphatic carbocycles. The van der Waals surface area contributed by atoms with Gasteiger partial charge in [0.1, 0.15) is 22.6 Å². The van der Waals surface area contributed by atoms with E-state index in [1.807, 2.05) is 11.8 Å². The molecule has 5 heteroatoms. The molecule has 1 unspecified atom stereocenters. The number of aliphatic imine (C=N–C) groups is 1. The summed E-state index contributed by atoms with van der Waals surface area (Å²) in [6.07, 6.45) is 0.401. The summed E-state index contributed by atoms with van der Waals surface area (Å²) in [6.45, 7) is 30.2. The molecular formula is C21H46N2SSi2. The third-order valence-electron chi connectivity index (χ3n) is 7.23. The lowest BCUT2D eigenvalue weighted by atomic mass is 10.5. The van der Waals surface area contributed by atoms with Gasteiger partial charge in [0.15, 0.2) is 0 Å². The molecule has 0 fully saturated rings. The highest BCUT2D eigenvalue weighted by Crippen LogP contribution is 2.55. The molecule has 2 nitrogen and oxygen atoms in total. The minimum absolute atomic E-state index is 0.401. The Morgan fingerprint density at radius 2 is 1.00 bits per heavy atom. The van der Waals surface area contributed by atoms with E-state index in [9.17, 15) is 0 Å². The van der Waals surface area contributed by atoms with Gasteiger partial charge in [-0.15, -0.1) is 11.8 Å². The summed E-state index contributed by atoms with van der Waals surface area (Å²) in [4.78, 5) is 5.10. The Morgan fingerprint density at radius 3 is 1.19 bits per heavy atom. The minimum Gasteiger partial charge on any atom is -0.322 e. The molecule has 0 saturated heterocycles. The molecule has 1 rings (SSSR count). The zero-order valence-electron chi connectivity index (χ0n) is 19.6. The molecule has 0 radical (unpaired) electrons. The van der Waals surface area contributed by atoms with Gasteiger partial charge in [-0.25, -0.2) is 0 Å². The number of hydrogen-bond acceptors (Lipinski definition) is 3. The number of nitrogens with zero attached hydrogens (tertiary/aromatic N) is 2. The lowest BCUT2D eigenvalue weighted by molar-refractivity contribution is 0.427. The van der Waals surface area contributed by atoms with Crippen molar-refractivity contribution in [1.29, 1.82) is 0 Å². The SMILES string of the molecule is CC(C)[Si](C(C)C)(C(C)C)N(C1CSC=N1)[Si](C(C)C)(C(C)C)C(C)C. The second-order valence-electron chi connectivity index (χ2n) is 10.1. The Balaban J connectivity index is 3.89. The zero-order valence-corrected chi connectivity index (χ0v) is 22.4. The summed E-state index contributed by atoms with van der Waals surface area (Å²) in [6, 6.07) is 0. The van der Waals surface area contributed by atoms with Crippen molar-refractivity contribution >= 4 is 33.8 Å². The van der Waals surface area contributed by atoms with Crippen LogP contribution < -0.4 is 0 Å². The van der Waals surface area contributed by atoms with Gasteiger partial charge in [0.2, 0.25) is 0 Å². The molecule has 0 aromatic rings. The van der Waals surface area contributed by atoms with Crippen molar-refractivity contribution in [2.75, 3.05) is 5.75 Å². The van der Waals surface area contributed by atoms with E-state index < -0.39 is 16.5 Å². The van der Waals surface area contributed by atoms with Crippen LogP contribution in [0.15, 0.2) is 4.99 Å². The molecule has 0 N–H and O–H groups in total. The standard InChI is InChI=1S/C21H46N2SSi2/c1-15(2)25(16(3)4,17(5)6)23(21-13-24-14-22-21)26(18(7)8,19(9)10)20(11)12/h14-21H,13H2,1-12H3. The highest BCUT2D eigenvalue weighted by atomic mass is 32.2. The van der Waals surface area contributed by atoms with Crippen LogP contribution in [0.1, 0.15) is 83.1 Å². The van der Waals surface area contributed by atoms with Crippen LogP contribution in [0.4, 0.5) is 0 Å². The molecule has 0 aromatic carbocycles. The molecule has 0 spiro atoms. The highest BCUT2D eigenvalue weighted by Gasteiger charge is 2.61. The maximum absolute atomic E-state index is 5.10. The number of rotatable bonds is 9. The van der Waals surface area contributed by atoms with Gasteiger partial charge in [0.25, 0.3) is 0 Å². The van der Waals surface area contributed by atoms with E-state index in [4.69, 9.17) is 4.99 Å². The van der Waals surface area contributed by atoms with Crippen LogP contribution in [0.5, 0.6) is 0 Å². The van der Waals surface area contributed by atoms with Crippen molar-refractivity contribution in [2.24, 2.45) is 4.99 Å². The second-order valence-corrected chi connectivity index (χ2v) is 22.9. The Bertz CT molecular complexity index is 397. The average molecular weight is 415 g/mol. The minimum atomic E-state index is -1.78. The molecule has 26 heavy (non-hydrogen) atoms. The Kier molecular flexibility index (Phi) is 8.72. The summed E-state index contributed by atoms with van der Waals surface area (Å²) in [5.41, 5.74) is 6.59. The van der Waals surface area contributed by atoms with Crippen LogP contribution in [-0.2, 0) is 0 Å². The summed E-state index contributed by atoms with van der Waals surface area (Å²) in [7, 11) is -3.56. The molecule has 1 atom stereocenters. The van der Waals surface area contributed by atoms with Crippen molar-refractivity contribution in [3.63, 3.8) is 0 Å². The fourth-order valence-electron chi connectivity index (χ4n) is 6.95. The maximum Gasteiger partial charge on any atom is 0.131 e. The molecule has 0 aromatic heterocycles. The zero-order chi connectivity index (χ0) is 20.4. The van der Waals surface area contributed by atoms with E-state index in [2.05, 4.69) is 92.9 Å². The van der Waals surface area contributed by atoms with Crippen molar-refractivity contribution in [1.82, 2.24) is 4.23 Å². The normalized spacial score (nSPS) is 19.6. The van der Waals surface area contributed by atoms with E-state index in [1.165, 1.54) is 0 Å². The van der Waals surface area contributed by atoms with Gasteiger partial charge in [0.05, 0.1) is 5.55 Å². The van der Waals surface area contributed by atoms with Crippen LogP contribution >= 0.6 is 11.8 Å². The van der Waals surface area contributed by atoms with E-state index in [-0.39, 0.29) is 0 Å². The first kappa shape index (κ1) is 24.5. The first-order valence-corrected chi connectivity index (χ1v) is 16.2. The number of hydrogen-bond donors (Lipinski definition) is 0. The molecule has 154 valence electrons. The van der Waals surface area contributed by atoms with Crippen LogP contribution in [0.25, 0.3) is 0 Å². The first-order chi connectivity index (χ1) is 11.9. The van der Waals surface area contributed by atoms with Crippen LogP contribution in [-0.4, -0.2) is 38.2 Å². The third kappa shape index (κ3) is 3.79. The van der Waals surface area contributed by atoms with Crippen molar-refractivity contribution in [2.45, 2.75) is 122 Å². The predicted octanol–water partition coefficient (Wildman–Crippen LogP) is 7.74.